The van der Waals surface area contributed by atoms with Crippen LogP contribution < -0.4 is 0 Å². The Morgan fingerprint density at radius 2 is 1.76 bits per heavy atom. The largest absolute Gasteiger partial charge is 0.143 e. The van der Waals surface area contributed by atoms with Crippen LogP contribution in [0.5, 0.6) is 0 Å². The van der Waals surface area contributed by atoms with Crippen LogP contribution in [0.4, 0.5) is 0 Å². The summed E-state index contributed by atoms with van der Waals surface area (Å²) in [5, 5.41) is 0.953. The van der Waals surface area contributed by atoms with Gasteiger partial charge >= 0.3 is 0 Å². The Hall–Kier alpha value is -0.210. The third kappa shape index (κ3) is 2.79. The van der Waals surface area contributed by atoms with Crippen molar-refractivity contribution in [2.45, 2.75) is 18.7 Å². The summed E-state index contributed by atoms with van der Waals surface area (Å²) in [7, 11) is 0. The fourth-order valence-electron chi connectivity index (χ4n) is 1.62. The summed E-state index contributed by atoms with van der Waals surface area (Å²) >= 11 is 20.5. The molecular formula is C13H11Cl3S. The van der Waals surface area contributed by atoms with Crippen LogP contribution in [0.25, 0.3) is 0 Å². The molecule has 1 heterocycles. The van der Waals surface area contributed by atoms with Crippen LogP contribution in [0.15, 0.2) is 30.3 Å². The summed E-state index contributed by atoms with van der Waals surface area (Å²) in [6.45, 7) is 2.13. The van der Waals surface area contributed by atoms with Crippen LogP contribution in [-0.4, -0.2) is 0 Å². The fourth-order valence-corrected chi connectivity index (χ4v) is 3.73. The average Bonchev–Trinajstić information content (AvgIpc) is 2.77. The molecule has 0 saturated heterocycles. The van der Waals surface area contributed by atoms with Gasteiger partial charge in [0.1, 0.15) is 0 Å². The van der Waals surface area contributed by atoms with Gasteiger partial charge in [-0.1, -0.05) is 36.2 Å². The summed E-state index contributed by atoms with van der Waals surface area (Å²) in [6.07, 6.45) is 1.02. The summed E-state index contributed by atoms with van der Waals surface area (Å²) < 4.78 is 0. The van der Waals surface area contributed by atoms with E-state index in [1.165, 1.54) is 4.88 Å². The summed E-state index contributed by atoms with van der Waals surface area (Å²) in [5.74, 6) is 0. The maximum atomic E-state index is 6.45. The standard InChI is InChI=1S/C13H11Cl3S/c1-2-8-6-7-11(17-8)13(16)12-9(14)4-3-5-10(12)15/h3-7,13H,2H2,1H3. The van der Waals surface area contributed by atoms with Crippen molar-refractivity contribution in [1.29, 1.82) is 0 Å². The number of hydrogen-bond donors (Lipinski definition) is 0. The Balaban J connectivity index is 2.39. The third-order valence-corrected chi connectivity index (χ3v) is 5.07. The molecule has 0 saturated carbocycles. The molecule has 0 aliphatic rings. The predicted molar refractivity (Wildman–Crippen MR) is 77.9 cm³/mol. The molecule has 1 atom stereocenters. The van der Waals surface area contributed by atoms with Crippen LogP contribution in [0.1, 0.15) is 27.6 Å². The van der Waals surface area contributed by atoms with E-state index in [1.54, 1.807) is 11.3 Å². The van der Waals surface area contributed by atoms with Gasteiger partial charge in [-0.05, 0) is 30.7 Å². The van der Waals surface area contributed by atoms with Gasteiger partial charge < -0.3 is 0 Å². The molecule has 1 aromatic heterocycles. The molecular weight excluding hydrogens is 295 g/mol. The molecule has 0 N–H and O–H groups in total. The number of benzene rings is 1. The maximum absolute atomic E-state index is 6.45. The molecule has 0 aliphatic heterocycles. The SMILES string of the molecule is CCc1ccc(C(Cl)c2c(Cl)cccc2Cl)s1. The lowest BCUT2D eigenvalue weighted by atomic mass is 10.1. The van der Waals surface area contributed by atoms with Crippen molar-refractivity contribution in [3.05, 3.63) is 55.7 Å². The fraction of sp³-hybridized carbons (Fsp3) is 0.231. The number of halogens is 3. The topological polar surface area (TPSA) is 0 Å². The maximum Gasteiger partial charge on any atom is 0.0956 e. The Morgan fingerprint density at radius 1 is 1.12 bits per heavy atom. The Kier molecular flexibility index (Phi) is 4.37. The average molecular weight is 306 g/mol. The summed E-state index contributed by atoms with van der Waals surface area (Å²) in [4.78, 5) is 2.40. The van der Waals surface area contributed by atoms with Crippen molar-refractivity contribution in [1.82, 2.24) is 0 Å². The minimum Gasteiger partial charge on any atom is -0.143 e. The highest BCUT2D eigenvalue weighted by atomic mass is 35.5. The van der Waals surface area contributed by atoms with E-state index in [-0.39, 0.29) is 5.38 Å². The first kappa shape index (κ1) is 13.2. The minimum absolute atomic E-state index is 0.276. The molecule has 1 aromatic carbocycles. The van der Waals surface area contributed by atoms with Crippen LogP contribution in [0.3, 0.4) is 0 Å². The molecule has 0 nitrogen and oxygen atoms in total. The van der Waals surface area contributed by atoms with Crippen LogP contribution in [0.2, 0.25) is 10.0 Å². The molecule has 90 valence electrons. The van der Waals surface area contributed by atoms with Crippen LogP contribution in [0, 0.1) is 0 Å². The lowest BCUT2D eigenvalue weighted by Crippen LogP contribution is -1.92. The van der Waals surface area contributed by atoms with Gasteiger partial charge in [0.25, 0.3) is 0 Å². The van der Waals surface area contributed by atoms with Gasteiger partial charge in [0.2, 0.25) is 0 Å². The Labute approximate surface area is 120 Å². The summed E-state index contributed by atoms with van der Waals surface area (Å²) in [6, 6.07) is 9.59. The molecule has 0 spiro atoms. The minimum atomic E-state index is -0.276. The van der Waals surface area contributed by atoms with Crippen molar-refractivity contribution in [3.8, 4) is 0 Å². The molecule has 0 amide bonds. The van der Waals surface area contributed by atoms with Gasteiger partial charge in [0.05, 0.1) is 5.38 Å². The molecule has 0 bridgehead atoms. The number of aryl methyl sites for hydroxylation is 1. The highest BCUT2D eigenvalue weighted by Gasteiger charge is 2.19. The van der Waals surface area contributed by atoms with Crippen molar-refractivity contribution in [2.75, 3.05) is 0 Å². The smallest absolute Gasteiger partial charge is 0.0956 e. The number of rotatable bonds is 3. The Bertz CT molecular complexity index is 499. The first-order valence-corrected chi connectivity index (χ1v) is 7.31. The monoisotopic (exact) mass is 304 g/mol. The first-order chi connectivity index (χ1) is 8.13. The molecule has 1 unspecified atom stereocenters. The normalized spacial score (nSPS) is 12.7. The molecule has 2 aromatic rings. The highest BCUT2D eigenvalue weighted by molar-refractivity contribution is 7.12. The van der Waals surface area contributed by atoms with Crippen LogP contribution in [-0.2, 0) is 6.42 Å². The van der Waals surface area contributed by atoms with E-state index in [4.69, 9.17) is 34.8 Å². The van der Waals surface area contributed by atoms with Gasteiger partial charge in [-0.25, -0.2) is 0 Å². The highest BCUT2D eigenvalue weighted by Crippen LogP contribution is 2.40. The van der Waals surface area contributed by atoms with Gasteiger partial charge in [-0.15, -0.1) is 22.9 Å². The Morgan fingerprint density at radius 3 is 2.29 bits per heavy atom. The van der Waals surface area contributed by atoms with Crippen molar-refractivity contribution >= 4 is 46.1 Å². The second-order valence-corrected chi connectivity index (χ2v) is 6.11. The number of hydrogen-bond acceptors (Lipinski definition) is 1. The molecule has 17 heavy (non-hydrogen) atoms. The zero-order chi connectivity index (χ0) is 12.4. The number of thiophene rings is 1. The number of alkyl halides is 1. The molecule has 0 fully saturated rings. The second kappa shape index (κ2) is 5.62. The van der Waals surface area contributed by atoms with E-state index in [0.717, 1.165) is 16.9 Å². The van der Waals surface area contributed by atoms with E-state index in [0.29, 0.717) is 10.0 Å². The second-order valence-electron chi connectivity index (χ2n) is 3.66. The molecule has 0 radical (unpaired) electrons. The van der Waals surface area contributed by atoms with Gasteiger partial charge in [-0.3, -0.25) is 0 Å². The van der Waals surface area contributed by atoms with E-state index < -0.39 is 0 Å². The lowest BCUT2D eigenvalue weighted by Gasteiger charge is -2.11. The summed E-state index contributed by atoms with van der Waals surface area (Å²) in [5.41, 5.74) is 0.794. The zero-order valence-electron chi connectivity index (χ0n) is 9.21. The molecule has 0 aliphatic carbocycles. The van der Waals surface area contributed by atoms with Gasteiger partial charge in [0.15, 0.2) is 0 Å². The molecule has 2 rings (SSSR count). The van der Waals surface area contributed by atoms with Crippen molar-refractivity contribution < 1.29 is 0 Å². The lowest BCUT2D eigenvalue weighted by molar-refractivity contribution is 1.18. The van der Waals surface area contributed by atoms with Gasteiger partial charge in [0, 0.05) is 25.4 Å². The quantitative estimate of drug-likeness (QED) is 0.615. The first-order valence-electron chi connectivity index (χ1n) is 5.30. The van der Waals surface area contributed by atoms with Crippen LogP contribution >= 0.6 is 46.1 Å². The predicted octanol–water partition coefficient (Wildman–Crippen LogP) is 5.95. The van der Waals surface area contributed by atoms with E-state index in [2.05, 4.69) is 13.0 Å². The van der Waals surface area contributed by atoms with E-state index >= 15 is 0 Å². The molecule has 4 heteroatoms. The van der Waals surface area contributed by atoms with Crippen molar-refractivity contribution in [3.63, 3.8) is 0 Å². The zero-order valence-corrected chi connectivity index (χ0v) is 12.3. The van der Waals surface area contributed by atoms with E-state index in [1.807, 2.05) is 24.3 Å². The third-order valence-electron chi connectivity index (χ3n) is 2.53. The van der Waals surface area contributed by atoms with Gasteiger partial charge in [-0.2, -0.15) is 0 Å². The van der Waals surface area contributed by atoms with Crippen molar-refractivity contribution in [2.24, 2.45) is 0 Å². The van der Waals surface area contributed by atoms with E-state index in [9.17, 15) is 0 Å².